The highest BCUT2D eigenvalue weighted by Crippen LogP contribution is 2.28. The van der Waals surface area contributed by atoms with E-state index in [9.17, 15) is 9.59 Å². The van der Waals surface area contributed by atoms with Gasteiger partial charge in [-0.05, 0) is 55.0 Å². The molecule has 2 aromatic carbocycles. The van der Waals surface area contributed by atoms with Gasteiger partial charge in [0, 0.05) is 26.7 Å². The van der Waals surface area contributed by atoms with Gasteiger partial charge in [-0.25, -0.2) is 4.79 Å². The van der Waals surface area contributed by atoms with Gasteiger partial charge in [-0.1, -0.05) is 59.6 Å². The van der Waals surface area contributed by atoms with Gasteiger partial charge in [0.2, 0.25) is 5.91 Å². The van der Waals surface area contributed by atoms with Crippen LogP contribution in [0.1, 0.15) is 36.4 Å². The zero-order valence-corrected chi connectivity index (χ0v) is 22.8. The van der Waals surface area contributed by atoms with Gasteiger partial charge in [0.05, 0.1) is 35.7 Å². The van der Waals surface area contributed by atoms with Crippen LogP contribution in [0.2, 0.25) is 10.0 Å². The van der Waals surface area contributed by atoms with Crippen molar-refractivity contribution in [3.63, 3.8) is 0 Å². The third-order valence-corrected chi connectivity index (χ3v) is 7.42. The highest BCUT2D eigenvalue weighted by atomic mass is 35.5. The number of ether oxygens (including phenoxy) is 2. The van der Waals surface area contributed by atoms with Crippen LogP contribution >= 0.6 is 23.2 Å². The highest BCUT2D eigenvalue weighted by molar-refractivity contribution is 6.42. The zero-order chi connectivity index (χ0) is 26.6. The lowest BCUT2D eigenvalue weighted by Gasteiger charge is -2.32. The Morgan fingerprint density at radius 1 is 1.08 bits per heavy atom. The topological polar surface area (TPSA) is 79.3 Å². The van der Waals surface area contributed by atoms with Gasteiger partial charge in [-0.15, -0.1) is 0 Å². The summed E-state index contributed by atoms with van der Waals surface area (Å²) in [5.74, 6) is -0.338. The van der Waals surface area contributed by atoms with Gasteiger partial charge in [0.25, 0.3) is 0 Å². The Kier molecular flexibility index (Phi) is 12.2. The van der Waals surface area contributed by atoms with Gasteiger partial charge < -0.3 is 24.4 Å². The summed E-state index contributed by atoms with van der Waals surface area (Å²) < 4.78 is 10.5. The number of rotatable bonds is 15. The first-order chi connectivity index (χ1) is 17.8. The molecule has 1 amide bonds. The first kappa shape index (κ1) is 29.4. The highest BCUT2D eigenvalue weighted by Gasteiger charge is 2.28. The Labute approximate surface area is 229 Å². The molecule has 37 heavy (non-hydrogen) atoms. The fourth-order valence-electron chi connectivity index (χ4n) is 4.66. The molecule has 0 bridgehead atoms. The minimum atomic E-state index is -0.970. The van der Waals surface area contributed by atoms with Crippen LogP contribution in [-0.4, -0.2) is 79.9 Å². The van der Waals surface area contributed by atoms with Crippen LogP contribution in [-0.2, 0) is 25.5 Å². The average molecular weight is 552 g/mol. The fourth-order valence-corrected chi connectivity index (χ4v) is 4.98. The van der Waals surface area contributed by atoms with E-state index in [0.717, 1.165) is 50.0 Å². The number of carbonyl (C=O) groups excluding carboxylic acids is 1. The molecule has 0 aliphatic carbocycles. The summed E-state index contributed by atoms with van der Waals surface area (Å²) in [6, 6.07) is 15.5. The molecule has 1 fully saturated rings. The van der Waals surface area contributed by atoms with Crippen LogP contribution in [0.3, 0.4) is 0 Å². The molecule has 1 heterocycles. The second-order valence-corrected chi connectivity index (χ2v) is 10.3. The molecule has 0 unspecified atom stereocenters. The summed E-state index contributed by atoms with van der Waals surface area (Å²) >= 11 is 12.2. The minimum Gasteiger partial charge on any atom is -0.480 e. The van der Waals surface area contributed by atoms with Crippen molar-refractivity contribution in [3.8, 4) is 0 Å². The summed E-state index contributed by atoms with van der Waals surface area (Å²) in [6.07, 6.45) is 3.43. The normalized spacial score (nSPS) is 16.6. The molecule has 2 aromatic rings. The van der Waals surface area contributed by atoms with Crippen LogP contribution in [0.5, 0.6) is 0 Å². The molecular weight excluding hydrogens is 515 g/mol. The van der Waals surface area contributed by atoms with Gasteiger partial charge in [0.1, 0.15) is 6.61 Å². The van der Waals surface area contributed by atoms with Crippen molar-refractivity contribution < 1.29 is 24.2 Å². The third-order valence-electron chi connectivity index (χ3n) is 6.68. The molecule has 0 aromatic heterocycles. The molecule has 7 nitrogen and oxygen atoms in total. The Bertz CT molecular complexity index is 1010. The van der Waals surface area contributed by atoms with Crippen molar-refractivity contribution in [2.24, 2.45) is 5.92 Å². The molecule has 202 valence electrons. The summed E-state index contributed by atoms with van der Waals surface area (Å²) in [7, 11) is 1.88. The van der Waals surface area contributed by atoms with E-state index in [1.54, 1.807) is 12.1 Å². The lowest BCUT2D eigenvalue weighted by Crippen LogP contribution is -2.39. The van der Waals surface area contributed by atoms with Gasteiger partial charge in [-0.2, -0.15) is 0 Å². The van der Waals surface area contributed by atoms with E-state index in [1.165, 1.54) is 0 Å². The van der Waals surface area contributed by atoms with E-state index in [1.807, 2.05) is 36.2 Å². The van der Waals surface area contributed by atoms with E-state index >= 15 is 0 Å². The maximum Gasteiger partial charge on any atom is 0.329 e. The standard InChI is InChI=1S/C28H36Cl2N2O5/c1-31(27(33)17-22-9-10-24(29)25(30)16-22)26(23-7-3-2-4-8-23)19-32-12-11-21(18-32)6-5-13-36-14-15-37-20-28(34)35/h2-4,7-10,16,21,26H,5-6,11-15,17-20H2,1H3,(H,34,35)/t21-,26+/m0/s1. The number of hydrogen-bond acceptors (Lipinski definition) is 5. The van der Waals surface area contributed by atoms with Crippen LogP contribution in [0.4, 0.5) is 0 Å². The van der Waals surface area contributed by atoms with Crippen molar-refractivity contribution in [1.29, 1.82) is 0 Å². The molecule has 9 heteroatoms. The number of benzene rings is 2. The van der Waals surface area contributed by atoms with Gasteiger partial charge in [0.15, 0.2) is 0 Å². The summed E-state index contributed by atoms with van der Waals surface area (Å²) in [6.45, 7) is 3.84. The largest absolute Gasteiger partial charge is 0.480 e. The Hall–Kier alpha value is -2.16. The van der Waals surface area contributed by atoms with E-state index in [0.29, 0.717) is 35.8 Å². The SMILES string of the molecule is CN(C(=O)Cc1ccc(Cl)c(Cl)c1)[C@H](CN1CC[C@H](CCCOCCOCC(=O)O)C1)c1ccccc1. The summed E-state index contributed by atoms with van der Waals surface area (Å²) in [5, 5.41) is 9.49. The number of aliphatic carboxylic acids is 1. The molecule has 3 rings (SSSR count). The van der Waals surface area contributed by atoms with E-state index < -0.39 is 5.97 Å². The maximum absolute atomic E-state index is 13.2. The van der Waals surface area contributed by atoms with Crippen LogP contribution in [0.15, 0.2) is 48.5 Å². The number of carboxylic acid groups (broad SMARTS) is 1. The molecule has 0 saturated carbocycles. The number of hydrogen-bond donors (Lipinski definition) is 1. The molecule has 2 atom stereocenters. The number of amides is 1. The number of likely N-dealkylation sites (N-methyl/N-ethyl adjacent to an activating group) is 1. The molecule has 1 saturated heterocycles. The molecule has 1 N–H and O–H groups in total. The Morgan fingerprint density at radius 2 is 1.84 bits per heavy atom. The zero-order valence-electron chi connectivity index (χ0n) is 21.3. The minimum absolute atomic E-state index is 0.0347. The van der Waals surface area contributed by atoms with Crippen molar-refractivity contribution in [2.75, 3.05) is 53.1 Å². The third kappa shape index (κ3) is 9.91. The second kappa shape index (κ2) is 15.3. The number of likely N-dealkylation sites (tertiary alicyclic amines) is 1. The van der Waals surface area contributed by atoms with Gasteiger partial charge >= 0.3 is 5.97 Å². The monoisotopic (exact) mass is 550 g/mol. The first-order valence-corrected chi connectivity index (χ1v) is 13.4. The van der Waals surface area contributed by atoms with E-state index in [2.05, 4.69) is 17.0 Å². The predicted molar refractivity (Wildman–Crippen MR) is 145 cm³/mol. The quantitative estimate of drug-likeness (QED) is 0.316. The molecule has 0 radical (unpaired) electrons. The maximum atomic E-state index is 13.2. The van der Waals surface area contributed by atoms with E-state index in [4.69, 9.17) is 37.8 Å². The summed E-state index contributed by atoms with van der Waals surface area (Å²) in [4.78, 5) is 28.0. The predicted octanol–water partition coefficient (Wildman–Crippen LogP) is 4.96. The van der Waals surface area contributed by atoms with Crippen LogP contribution in [0, 0.1) is 5.92 Å². The van der Waals surface area contributed by atoms with Crippen LogP contribution in [0.25, 0.3) is 0 Å². The lowest BCUT2D eigenvalue weighted by molar-refractivity contribution is -0.142. The summed E-state index contributed by atoms with van der Waals surface area (Å²) in [5.41, 5.74) is 1.96. The lowest BCUT2D eigenvalue weighted by atomic mass is 10.0. The first-order valence-electron chi connectivity index (χ1n) is 12.7. The van der Waals surface area contributed by atoms with Crippen molar-refractivity contribution in [2.45, 2.75) is 31.7 Å². The smallest absolute Gasteiger partial charge is 0.329 e. The Balaban J connectivity index is 1.48. The molecular formula is C28H36Cl2N2O5. The average Bonchev–Trinajstić information content (AvgIpc) is 3.33. The van der Waals surface area contributed by atoms with Crippen molar-refractivity contribution >= 4 is 35.1 Å². The van der Waals surface area contributed by atoms with E-state index in [-0.39, 0.29) is 25.0 Å². The molecule has 0 spiro atoms. The molecule has 1 aliphatic rings. The second-order valence-electron chi connectivity index (χ2n) is 9.47. The fraction of sp³-hybridized carbons (Fsp3) is 0.500. The number of carboxylic acids is 1. The number of carbonyl (C=O) groups is 2. The Morgan fingerprint density at radius 3 is 2.57 bits per heavy atom. The van der Waals surface area contributed by atoms with Crippen molar-refractivity contribution in [1.82, 2.24) is 9.80 Å². The number of halogens is 2. The van der Waals surface area contributed by atoms with Crippen molar-refractivity contribution in [3.05, 3.63) is 69.7 Å². The van der Waals surface area contributed by atoms with Crippen LogP contribution < -0.4 is 0 Å². The molecule has 1 aliphatic heterocycles. The number of nitrogens with zero attached hydrogens (tertiary/aromatic N) is 2. The van der Waals surface area contributed by atoms with Gasteiger partial charge in [-0.3, -0.25) is 4.79 Å².